The third kappa shape index (κ3) is 3.88. The Morgan fingerprint density at radius 3 is 2.75 bits per heavy atom. The van der Waals surface area contributed by atoms with Gasteiger partial charge in [-0.3, -0.25) is 9.59 Å². The molecule has 124 valence electrons. The minimum Gasteiger partial charge on any atom is -0.350 e. The van der Waals surface area contributed by atoms with Gasteiger partial charge in [0.2, 0.25) is 0 Å². The monoisotopic (exact) mass is 339 g/mol. The maximum Gasteiger partial charge on any atom is 0.252 e. The Balaban J connectivity index is 1.65. The summed E-state index contributed by atoms with van der Waals surface area (Å²) in [6.07, 6.45) is 2.37. The Bertz CT molecular complexity index is 743. The quantitative estimate of drug-likeness (QED) is 0.891. The Morgan fingerprint density at radius 1 is 1.17 bits per heavy atom. The molecule has 3 nitrogen and oxygen atoms in total. The van der Waals surface area contributed by atoms with Crippen molar-refractivity contribution in [1.82, 2.24) is 5.32 Å². The van der Waals surface area contributed by atoms with Crippen molar-refractivity contribution in [2.45, 2.75) is 37.1 Å². The largest absolute Gasteiger partial charge is 0.350 e. The number of aryl methyl sites for hydroxylation is 1. The molecular weight excluding hydrogens is 318 g/mol. The number of carbonyl (C=O) groups is 2. The molecule has 1 aliphatic heterocycles. The van der Waals surface area contributed by atoms with Crippen LogP contribution in [0.15, 0.2) is 53.4 Å². The summed E-state index contributed by atoms with van der Waals surface area (Å²) in [5, 5.41) is 3.07. The highest BCUT2D eigenvalue weighted by Crippen LogP contribution is 2.33. The number of hydrogen-bond acceptors (Lipinski definition) is 3. The molecule has 0 unspecified atom stereocenters. The second-order valence-corrected chi connectivity index (χ2v) is 7.21. The zero-order chi connectivity index (χ0) is 16.9. The van der Waals surface area contributed by atoms with Gasteiger partial charge in [0.25, 0.3) is 5.91 Å². The zero-order valence-corrected chi connectivity index (χ0v) is 14.6. The van der Waals surface area contributed by atoms with Gasteiger partial charge in [-0.25, -0.2) is 0 Å². The van der Waals surface area contributed by atoms with Crippen LogP contribution in [0.25, 0.3) is 0 Å². The van der Waals surface area contributed by atoms with Gasteiger partial charge in [-0.05, 0) is 31.4 Å². The van der Waals surface area contributed by atoms with E-state index in [1.807, 2.05) is 37.3 Å². The maximum absolute atomic E-state index is 12.6. The highest BCUT2D eigenvalue weighted by Gasteiger charge is 2.23. The van der Waals surface area contributed by atoms with E-state index >= 15 is 0 Å². The minimum absolute atomic E-state index is 0.0813. The van der Waals surface area contributed by atoms with Crippen molar-refractivity contribution in [3.05, 3.63) is 65.2 Å². The molecule has 0 aliphatic carbocycles. The summed E-state index contributed by atoms with van der Waals surface area (Å²) in [4.78, 5) is 25.4. The van der Waals surface area contributed by atoms with Crippen molar-refractivity contribution in [1.29, 1.82) is 0 Å². The smallest absolute Gasteiger partial charge is 0.252 e. The molecule has 0 radical (unpaired) electrons. The van der Waals surface area contributed by atoms with E-state index in [0.29, 0.717) is 17.5 Å². The fourth-order valence-electron chi connectivity index (χ4n) is 2.87. The van der Waals surface area contributed by atoms with Gasteiger partial charge in [-0.15, -0.1) is 11.8 Å². The summed E-state index contributed by atoms with van der Waals surface area (Å²) in [5.41, 5.74) is 2.59. The summed E-state index contributed by atoms with van der Waals surface area (Å²) in [6, 6.07) is 15.8. The van der Waals surface area contributed by atoms with Gasteiger partial charge in [0.05, 0.1) is 5.56 Å². The minimum atomic E-state index is -0.0883. The molecule has 4 heteroatoms. The van der Waals surface area contributed by atoms with E-state index in [2.05, 4.69) is 17.4 Å². The Morgan fingerprint density at radius 2 is 1.96 bits per heavy atom. The third-order valence-electron chi connectivity index (χ3n) is 4.22. The molecule has 3 rings (SSSR count). The first-order valence-corrected chi connectivity index (χ1v) is 9.27. The lowest BCUT2D eigenvalue weighted by Gasteiger charge is -2.19. The Labute approximate surface area is 146 Å². The number of rotatable bonds is 5. The van der Waals surface area contributed by atoms with Gasteiger partial charge < -0.3 is 5.32 Å². The van der Waals surface area contributed by atoms with Crippen molar-refractivity contribution in [3.63, 3.8) is 0 Å². The third-order valence-corrected chi connectivity index (χ3v) is 5.36. The zero-order valence-electron chi connectivity index (χ0n) is 13.7. The highest BCUT2D eigenvalue weighted by molar-refractivity contribution is 7.99. The predicted octanol–water partition coefficient (Wildman–Crippen LogP) is 4.12. The summed E-state index contributed by atoms with van der Waals surface area (Å²) >= 11 is 1.60. The van der Waals surface area contributed by atoms with Crippen LogP contribution in [0.5, 0.6) is 0 Å². The van der Waals surface area contributed by atoms with Crippen LogP contribution >= 0.6 is 11.8 Å². The molecule has 1 heterocycles. The molecule has 0 saturated heterocycles. The Kier molecular flexibility index (Phi) is 5.36. The second kappa shape index (κ2) is 7.67. The first kappa shape index (κ1) is 16.8. The predicted molar refractivity (Wildman–Crippen MR) is 97.8 cm³/mol. The van der Waals surface area contributed by atoms with Crippen molar-refractivity contribution in [2.75, 3.05) is 5.75 Å². The van der Waals surface area contributed by atoms with E-state index in [4.69, 9.17) is 0 Å². The maximum atomic E-state index is 12.6. The number of thioether (sulfide) groups is 1. The van der Waals surface area contributed by atoms with Crippen molar-refractivity contribution >= 4 is 23.5 Å². The second-order valence-electron chi connectivity index (χ2n) is 6.10. The average Bonchev–Trinajstić information content (AvgIpc) is 2.61. The molecule has 1 N–H and O–H groups in total. The van der Waals surface area contributed by atoms with Crippen LogP contribution in [0.3, 0.4) is 0 Å². The lowest BCUT2D eigenvalue weighted by Crippen LogP contribution is -2.33. The molecular formula is C20H21NO2S. The average molecular weight is 339 g/mol. The topological polar surface area (TPSA) is 46.2 Å². The Hall–Kier alpha value is -2.07. The van der Waals surface area contributed by atoms with E-state index < -0.39 is 0 Å². The molecule has 0 saturated carbocycles. The van der Waals surface area contributed by atoms with Crippen LogP contribution in [-0.2, 0) is 6.42 Å². The van der Waals surface area contributed by atoms with Gasteiger partial charge in [-0.2, -0.15) is 0 Å². The van der Waals surface area contributed by atoms with Crippen LogP contribution in [0, 0.1) is 0 Å². The molecule has 0 bridgehead atoms. The number of Topliss-reactive ketones (excluding diaryl/α,β-unsaturated/α-hetero) is 1. The van der Waals surface area contributed by atoms with Crippen LogP contribution in [0.2, 0.25) is 0 Å². The van der Waals surface area contributed by atoms with E-state index in [9.17, 15) is 9.59 Å². The first-order valence-electron chi connectivity index (χ1n) is 8.29. The number of nitrogens with one attached hydrogen (secondary N) is 1. The molecule has 1 atom stereocenters. The number of hydrogen-bond donors (Lipinski definition) is 1. The van der Waals surface area contributed by atoms with Gasteiger partial charge in [-0.1, -0.05) is 42.5 Å². The van der Waals surface area contributed by atoms with Crippen LogP contribution in [0.1, 0.15) is 46.0 Å². The van der Waals surface area contributed by atoms with Gasteiger partial charge >= 0.3 is 0 Å². The van der Waals surface area contributed by atoms with Gasteiger partial charge in [0.15, 0.2) is 5.78 Å². The fourth-order valence-corrected chi connectivity index (χ4v) is 4.02. The standard InChI is InChI=1S/C20H21NO2S/c1-14(10-11-15-6-3-2-4-7-15)21-20(23)17-9-5-8-16-18(22)12-13-24-19(16)17/h2-9,14H,10-13H2,1H3,(H,21,23)/t14-/m1/s1. The molecule has 2 aromatic rings. The number of amides is 1. The van der Waals surface area contributed by atoms with E-state index in [1.54, 1.807) is 17.8 Å². The fraction of sp³-hybridized carbons (Fsp3) is 0.300. The molecule has 2 aromatic carbocycles. The molecule has 1 amide bonds. The van der Waals surface area contributed by atoms with Gasteiger partial charge in [0.1, 0.15) is 0 Å². The van der Waals surface area contributed by atoms with E-state index in [1.165, 1.54) is 5.56 Å². The molecule has 0 spiro atoms. The highest BCUT2D eigenvalue weighted by atomic mass is 32.2. The summed E-state index contributed by atoms with van der Waals surface area (Å²) in [7, 11) is 0. The lowest BCUT2D eigenvalue weighted by atomic mass is 10.0. The van der Waals surface area contributed by atoms with Crippen molar-refractivity contribution in [3.8, 4) is 0 Å². The van der Waals surface area contributed by atoms with Crippen molar-refractivity contribution in [2.24, 2.45) is 0 Å². The van der Waals surface area contributed by atoms with E-state index in [0.717, 1.165) is 23.5 Å². The SMILES string of the molecule is C[C@H](CCc1ccccc1)NC(=O)c1cccc2c1SCCC2=O. The number of ketones is 1. The number of benzene rings is 2. The molecule has 24 heavy (non-hydrogen) atoms. The van der Waals surface area contributed by atoms with Gasteiger partial charge in [0, 0.05) is 28.7 Å². The van der Waals surface area contributed by atoms with Crippen LogP contribution in [0.4, 0.5) is 0 Å². The molecule has 0 aromatic heterocycles. The van der Waals surface area contributed by atoms with Crippen LogP contribution < -0.4 is 5.32 Å². The summed E-state index contributed by atoms with van der Waals surface area (Å²) < 4.78 is 0. The first-order chi connectivity index (χ1) is 11.6. The normalized spacial score (nSPS) is 14.8. The molecule has 1 aliphatic rings. The lowest BCUT2D eigenvalue weighted by molar-refractivity contribution is 0.0935. The summed E-state index contributed by atoms with van der Waals surface area (Å²) in [5.74, 6) is 0.796. The number of carbonyl (C=O) groups excluding carboxylic acids is 2. The van der Waals surface area contributed by atoms with Crippen molar-refractivity contribution < 1.29 is 9.59 Å². The summed E-state index contributed by atoms with van der Waals surface area (Å²) in [6.45, 7) is 2.02. The van der Waals surface area contributed by atoms with Crippen LogP contribution in [-0.4, -0.2) is 23.5 Å². The number of fused-ring (bicyclic) bond motifs is 1. The molecule has 0 fully saturated rings. The van der Waals surface area contributed by atoms with E-state index in [-0.39, 0.29) is 17.7 Å².